The van der Waals surface area contributed by atoms with Gasteiger partial charge >= 0.3 is 154 Å². The van der Waals surface area contributed by atoms with Crippen LogP contribution in [0.3, 0.4) is 0 Å². The molecular formula is C6H3Cl2K3O7. The van der Waals surface area contributed by atoms with Crippen LogP contribution in [0.1, 0.15) is 0 Å². The van der Waals surface area contributed by atoms with E-state index in [0.29, 0.717) is 0 Å². The van der Waals surface area contributed by atoms with Gasteiger partial charge in [0, 0.05) is 0 Å². The summed E-state index contributed by atoms with van der Waals surface area (Å²) in [6, 6.07) is 0. The van der Waals surface area contributed by atoms with Crippen molar-refractivity contribution in [3.05, 3.63) is 0 Å². The predicted octanol–water partition coefficient (Wildman–Crippen LogP) is -13.6. The predicted molar refractivity (Wildman–Crippen MR) is 39.0 cm³/mol. The average molecular weight is 375 g/mol. The maximum absolute atomic E-state index is 10.4. The van der Waals surface area contributed by atoms with Gasteiger partial charge in [-0.05, 0) is 0 Å². The summed E-state index contributed by atoms with van der Waals surface area (Å²) in [7, 11) is 0. The summed E-state index contributed by atoms with van der Waals surface area (Å²) < 4.78 is -3.14. The van der Waals surface area contributed by atoms with Crippen LogP contribution in [0, 0.1) is 5.92 Å². The molecule has 0 rings (SSSR count). The van der Waals surface area contributed by atoms with E-state index in [0.717, 1.165) is 0 Å². The molecule has 0 saturated carbocycles. The van der Waals surface area contributed by atoms with Gasteiger partial charge in [0.25, 0.3) is 0 Å². The van der Waals surface area contributed by atoms with E-state index in [4.69, 9.17) is 28.3 Å². The molecule has 0 heterocycles. The molecule has 2 unspecified atom stereocenters. The normalized spacial score (nSPS) is 12.8. The number of aliphatic hydroxyl groups excluding tert-OH is 1. The monoisotopic (exact) mass is 374 g/mol. The molecule has 0 aliphatic heterocycles. The van der Waals surface area contributed by atoms with Crippen molar-refractivity contribution in [2.24, 2.45) is 5.92 Å². The van der Waals surface area contributed by atoms with Gasteiger partial charge in [-0.1, -0.05) is 23.2 Å². The van der Waals surface area contributed by atoms with Gasteiger partial charge in [0.05, 0.1) is 23.8 Å². The Morgan fingerprint density at radius 1 is 0.944 bits per heavy atom. The summed E-state index contributed by atoms with van der Waals surface area (Å²) in [5.41, 5.74) is 0. The SMILES string of the molecule is O=C([O-])C(O)C(C(=O)[O-])C(Cl)(Cl)C(=O)[O-].[K+].[K+].[K+]. The number of rotatable bonds is 5. The topological polar surface area (TPSA) is 141 Å². The zero-order valence-electron chi connectivity index (χ0n) is 9.81. The van der Waals surface area contributed by atoms with Crippen molar-refractivity contribution in [1.82, 2.24) is 0 Å². The largest absolute Gasteiger partial charge is 1.00 e. The van der Waals surface area contributed by atoms with Gasteiger partial charge in [-0.15, -0.1) is 0 Å². The minimum Gasteiger partial charge on any atom is -0.550 e. The number of carboxylic acid groups (broad SMARTS) is 3. The van der Waals surface area contributed by atoms with Gasteiger partial charge < -0.3 is 34.8 Å². The average Bonchev–Trinajstić information content (AvgIpc) is 2.02. The molecule has 0 aromatic rings. The third-order valence-corrected chi connectivity index (χ3v) is 2.25. The Balaban J connectivity index is -0.000000327. The summed E-state index contributed by atoms with van der Waals surface area (Å²) in [4.78, 5) is 30.8. The molecule has 0 bridgehead atoms. The van der Waals surface area contributed by atoms with Crippen molar-refractivity contribution in [3.63, 3.8) is 0 Å². The molecule has 0 radical (unpaired) electrons. The fourth-order valence-electron chi connectivity index (χ4n) is 0.738. The van der Waals surface area contributed by atoms with Gasteiger partial charge in [-0.25, -0.2) is 0 Å². The Morgan fingerprint density at radius 2 is 1.28 bits per heavy atom. The van der Waals surface area contributed by atoms with Crippen LogP contribution in [0.5, 0.6) is 0 Å². The third kappa shape index (κ3) is 9.10. The molecule has 0 aromatic carbocycles. The van der Waals surface area contributed by atoms with E-state index in [9.17, 15) is 29.7 Å². The van der Waals surface area contributed by atoms with E-state index >= 15 is 0 Å². The molecular weight excluding hydrogens is 372 g/mol. The van der Waals surface area contributed by atoms with Crippen molar-refractivity contribution in [2.45, 2.75) is 10.4 Å². The van der Waals surface area contributed by atoms with Gasteiger partial charge in [0.2, 0.25) is 0 Å². The number of aliphatic hydroxyl groups is 1. The molecule has 0 saturated heterocycles. The second-order valence-electron chi connectivity index (χ2n) is 2.47. The van der Waals surface area contributed by atoms with Gasteiger partial charge in [0.15, 0.2) is 4.33 Å². The van der Waals surface area contributed by atoms with E-state index in [1.807, 2.05) is 0 Å². The maximum Gasteiger partial charge on any atom is 1.00 e. The number of carbonyl (C=O) groups excluding carboxylic acids is 3. The third-order valence-electron chi connectivity index (χ3n) is 1.47. The zero-order valence-corrected chi connectivity index (χ0v) is 20.7. The number of carboxylic acids is 3. The Kier molecular flexibility index (Phi) is 22.1. The van der Waals surface area contributed by atoms with Crippen LogP contribution < -0.4 is 169 Å². The minimum atomic E-state index is -3.14. The van der Waals surface area contributed by atoms with Crippen molar-refractivity contribution in [1.29, 1.82) is 0 Å². The number of carbonyl (C=O) groups is 3. The fourth-order valence-corrected chi connectivity index (χ4v) is 1.16. The zero-order chi connectivity index (χ0) is 12.4. The molecule has 0 spiro atoms. The van der Waals surface area contributed by atoms with Crippen LogP contribution in [0.15, 0.2) is 0 Å². The van der Waals surface area contributed by atoms with Gasteiger partial charge in [-0.2, -0.15) is 0 Å². The fraction of sp³-hybridized carbons (Fsp3) is 0.500. The Hall–Kier alpha value is 3.86. The second kappa shape index (κ2) is 13.3. The van der Waals surface area contributed by atoms with Crippen molar-refractivity contribution in [3.8, 4) is 0 Å². The first-order valence-electron chi connectivity index (χ1n) is 3.31. The Morgan fingerprint density at radius 3 is 1.44 bits per heavy atom. The summed E-state index contributed by atoms with van der Waals surface area (Å²) >= 11 is 10.0. The van der Waals surface area contributed by atoms with Crippen LogP contribution in [0.4, 0.5) is 0 Å². The van der Waals surface area contributed by atoms with E-state index in [1.54, 1.807) is 0 Å². The first kappa shape index (κ1) is 29.8. The van der Waals surface area contributed by atoms with Crippen molar-refractivity contribution < 1.29 is 189 Å². The molecule has 18 heavy (non-hydrogen) atoms. The van der Waals surface area contributed by atoms with Crippen molar-refractivity contribution in [2.75, 3.05) is 0 Å². The number of hydrogen-bond donors (Lipinski definition) is 1. The number of halogens is 2. The van der Waals surface area contributed by atoms with E-state index in [1.165, 1.54) is 0 Å². The first-order valence-corrected chi connectivity index (χ1v) is 4.07. The quantitative estimate of drug-likeness (QED) is 0.372. The van der Waals surface area contributed by atoms with Crippen LogP contribution >= 0.6 is 23.2 Å². The second-order valence-corrected chi connectivity index (χ2v) is 3.86. The summed E-state index contributed by atoms with van der Waals surface area (Å²) in [6.45, 7) is 0. The molecule has 0 aliphatic carbocycles. The number of alkyl halides is 2. The van der Waals surface area contributed by atoms with E-state index in [-0.39, 0.29) is 154 Å². The van der Waals surface area contributed by atoms with Crippen LogP contribution in [0.2, 0.25) is 0 Å². The van der Waals surface area contributed by atoms with Gasteiger partial charge in [0.1, 0.15) is 6.10 Å². The van der Waals surface area contributed by atoms with E-state index < -0.39 is 34.3 Å². The summed E-state index contributed by atoms with van der Waals surface area (Å²) in [6.07, 6.45) is -2.73. The molecule has 12 heteroatoms. The molecule has 0 amide bonds. The van der Waals surface area contributed by atoms with Crippen LogP contribution in [0.25, 0.3) is 0 Å². The summed E-state index contributed by atoms with van der Waals surface area (Å²) in [5, 5.41) is 39.6. The molecule has 1 N–H and O–H groups in total. The first-order chi connectivity index (χ1) is 6.62. The van der Waals surface area contributed by atoms with E-state index in [2.05, 4.69) is 0 Å². The molecule has 7 nitrogen and oxygen atoms in total. The molecule has 0 aliphatic rings. The summed E-state index contributed by atoms with van der Waals surface area (Å²) in [5.74, 6) is -9.41. The van der Waals surface area contributed by atoms with Gasteiger partial charge in [-0.3, -0.25) is 0 Å². The smallest absolute Gasteiger partial charge is 0.550 e. The number of aliphatic carboxylic acids is 3. The van der Waals surface area contributed by atoms with Crippen LogP contribution in [-0.4, -0.2) is 33.5 Å². The minimum absolute atomic E-state index is 0. The Labute approximate surface area is 240 Å². The Bertz CT molecular complexity index is 312. The molecule has 0 fully saturated rings. The molecule has 86 valence electrons. The molecule has 0 aromatic heterocycles. The maximum atomic E-state index is 10.4. The van der Waals surface area contributed by atoms with Crippen molar-refractivity contribution >= 4 is 41.1 Å². The van der Waals surface area contributed by atoms with Crippen LogP contribution in [-0.2, 0) is 14.4 Å². The number of hydrogen-bond acceptors (Lipinski definition) is 7. The molecule has 2 atom stereocenters. The standard InChI is InChI=1S/C6H6Cl2O7.3K/c7-6(8,5(14)15)1(3(10)11)2(9)4(12)13;;;/h1-2,9H,(H,10,11)(H,12,13)(H,14,15);;;/q;3*+1/p-3.